The second kappa shape index (κ2) is 5.37. The van der Waals surface area contributed by atoms with Gasteiger partial charge in [0.05, 0.1) is 6.61 Å². The van der Waals surface area contributed by atoms with Crippen molar-refractivity contribution >= 4 is 21.7 Å². The van der Waals surface area contributed by atoms with E-state index < -0.39 is 0 Å². The van der Waals surface area contributed by atoms with Crippen molar-refractivity contribution in [3.8, 4) is 5.75 Å². The zero-order valence-corrected chi connectivity index (χ0v) is 12.2. The Morgan fingerprint density at radius 2 is 2.10 bits per heavy atom. The third-order valence-electron chi connectivity index (χ3n) is 3.37. The van der Waals surface area contributed by atoms with Crippen LogP contribution in [-0.2, 0) is 12.8 Å². The summed E-state index contributed by atoms with van der Waals surface area (Å²) < 4.78 is 19.8. The topological polar surface area (TPSA) is 26.3 Å². The van der Waals surface area contributed by atoms with Crippen LogP contribution in [0.4, 0.5) is 4.39 Å². The zero-order valence-electron chi connectivity index (χ0n) is 10.7. The predicted octanol–water partition coefficient (Wildman–Crippen LogP) is 3.95. The van der Waals surface area contributed by atoms with Gasteiger partial charge >= 0.3 is 0 Å². The van der Waals surface area contributed by atoms with Crippen molar-refractivity contribution in [2.75, 3.05) is 6.61 Å². The average molecular weight is 335 g/mol. The molecule has 3 rings (SSSR count). The lowest BCUT2D eigenvalue weighted by molar-refractivity contribution is 0.0991. The van der Waals surface area contributed by atoms with Crippen molar-refractivity contribution in [3.05, 3.63) is 63.4 Å². The molecule has 0 saturated carbocycles. The van der Waals surface area contributed by atoms with Crippen LogP contribution in [0.1, 0.15) is 21.5 Å². The summed E-state index contributed by atoms with van der Waals surface area (Å²) in [4.78, 5) is 12.3. The minimum Gasteiger partial charge on any atom is -0.493 e. The maximum Gasteiger partial charge on any atom is 0.167 e. The van der Waals surface area contributed by atoms with Crippen LogP contribution in [0.2, 0.25) is 0 Å². The molecule has 0 aliphatic carbocycles. The molecule has 2 aromatic rings. The maximum absolute atomic E-state index is 13.7. The lowest BCUT2D eigenvalue weighted by atomic mass is 10.00. The van der Waals surface area contributed by atoms with Gasteiger partial charge in [-0.2, -0.15) is 0 Å². The van der Waals surface area contributed by atoms with Gasteiger partial charge in [0.25, 0.3) is 0 Å². The Morgan fingerprint density at radius 3 is 2.95 bits per heavy atom. The molecule has 2 nitrogen and oxygen atoms in total. The molecule has 0 spiro atoms. The monoisotopic (exact) mass is 334 g/mol. The predicted molar refractivity (Wildman–Crippen MR) is 77.8 cm³/mol. The van der Waals surface area contributed by atoms with Crippen molar-refractivity contribution in [2.24, 2.45) is 0 Å². The summed E-state index contributed by atoms with van der Waals surface area (Å²) in [6, 6.07) is 10.0. The zero-order chi connectivity index (χ0) is 14.1. The number of halogens is 2. The molecule has 102 valence electrons. The van der Waals surface area contributed by atoms with Gasteiger partial charge in [0.15, 0.2) is 5.78 Å². The standard InChI is InChI=1S/C16H12BrFO2/c17-13-2-3-14(18)12(8-13)9-15(19)10-1-4-16-11(7-10)5-6-20-16/h1-4,7-8H,5-6,9H2. The fourth-order valence-electron chi connectivity index (χ4n) is 2.31. The summed E-state index contributed by atoms with van der Waals surface area (Å²) in [7, 11) is 0. The average Bonchev–Trinajstić information content (AvgIpc) is 2.90. The number of hydrogen-bond donors (Lipinski definition) is 0. The van der Waals surface area contributed by atoms with Crippen LogP contribution < -0.4 is 4.74 Å². The van der Waals surface area contributed by atoms with E-state index in [1.54, 1.807) is 18.2 Å². The van der Waals surface area contributed by atoms with Gasteiger partial charge in [-0.15, -0.1) is 0 Å². The largest absolute Gasteiger partial charge is 0.493 e. The molecule has 4 heteroatoms. The molecule has 0 saturated heterocycles. The number of benzene rings is 2. The normalized spacial score (nSPS) is 12.9. The van der Waals surface area contributed by atoms with E-state index in [0.717, 1.165) is 22.2 Å². The van der Waals surface area contributed by atoms with E-state index in [2.05, 4.69) is 15.9 Å². The molecule has 0 bridgehead atoms. The molecule has 0 radical (unpaired) electrons. The Labute approximate surface area is 124 Å². The molecular weight excluding hydrogens is 323 g/mol. The third kappa shape index (κ3) is 2.61. The summed E-state index contributed by atoms with van der Waals surface area (Å²) >= 11 is 3.29. The molecule has 20 heavy (non-hydrogen) atoms. The van der Waals surface area contributed by atoms with Crippen LogP contribution in [0.25, 0.3) is 0 Å². The van der Waals surface area contributed by atoms with E-state index >= 15 is 0 Å². The molecule has 1 heterocycles. The van der Waals surface area contributed by atoms with Gasteiger partial charge < -0.3 is 4.74 Å². The second-order valence-electron chi connectivity index (χ2n) is 4.76. The van der Waals surface area contributed by atoms with Crippen molar-refractivity contribution < 1.29 is 13.9 Å². The number of carbonyl (C=O) groups is 1. The molecule has 2 aromatic carbocycles. The number of hydrogen-bond acceptors (Lipinski definition) is 2. The fraction of sp³-hybridized carbons (Fsp3) is 0.188. The van der Waals surface area contributed by atoms with Gasteiger partial charge in [-0.1, -0.05) is 15.9 Å². The Kier molecular flexibility index (Phi) is 3.57. The number of ether oxygens (including phenoxy) is 1. The molecule has 0 fully saturated rings. The lowest BCUT2D eigenvalue weighted by Gasteiger charge is -2.05. The van der Waals surface area contributed by atoms with Crippen molar-refractivity contribution in [1.29, 1.82) is 0 Å². The lowest BCUT2D eigenvalue weighted by Crippen LogP contribution is -2.05. The number of rotatable bonds is 3. The second-order valence-corrected chi connectivity index (χ2v) is 5.67. The van der Waals surface area contributed by atoms with E-state index in [9.17, 15) is 9.18 Å². The van der Waals surface area contributed by atoms with Crippen LogP contribution in [0.15, 0.2) is 40.9 Å². The highest BCUT2D eigenvalue weighted by atomic mass is 79.9. The quantitative estimate of drug-likeness (QED) is 0.794. The third-order valence-corrected chi connectivity index (χ3v) is 3.86. The Bertz CT molecular complexity index is 682. The van der Waals surface area contributed by atoms with Gasteiger partial charge in [-0.3, -0.25) is 4.79 Å². The van der Waals surface area contributed by atoms with Crippen LogP contribution in [0.5, 0.6) is 5.75 Å². The van der Waals surface area contributed by atoms with Crippen molar-refractivity contribution in [2.45, 2.75) is 12.8 Å². The number of fused-ring (bicyclic) bond motifs is 1. The summed E-state index contributed by atoms with van der Waals surface area (Å²) in [5.74, 6) is 0.401. The highest BCUT2D eigenvalue weighted by Crippen LogP contribution is 2.26. The first-order valence-corrected chi connectivity index (χ1v) is 7.15. The molecule has 0 amide bonds. The van der Waals surface area contributed by atoms with Crippen LogP contribution >= 0.6 is 15.9 Å². The Balaban J connectivity index is 1.84. The van der Waals surface area contributed by atoms with Gasteiger partial charge in [-0.05, 0) is 47.5 Å². The minimum atomic E-state index is -0.356. The van der Waals surface area contributed by atoms with E-state index in [1.165, 1.54) is 6.07 Å². The van der Waals surface area contributed by atoms with E-state index in [1.807, 2.05) is 12.1 Å². The smallest absolute Gasteiger partial charge is 0.167 e. The first-order chi connectivity index (χ1) is 9.63. The van der Waals surface area contributed by atoms with Gasteiger partial charge in [-0.25, -0.2) is 4.39 Å². The van der Waals surface area contributed by atoms with Gasteiger partial charge in [0.2, 0.25) is 0 Å². The number of ketones is 1. The van der Waals surface area contributed by atoms with Crippen LogP contribution in [0.3, 0.4) is 0 Å². The Hall–Kier alpha value is -1.68. The summed E-state index contributed by atoms with van der Waals surface area (Å²) in [6.45, 7) is 0.660. The molecule has 0 N–H and O–H groups in total. The molecule has 0 unspecified atom stereocenters. The summed E-state index contributed by atoms with van der Waals surface area (Å²) in [5, 5.41) is 0. The van der Waals surface area contributed by atoms with E-state index in [-0.39, 0.29) is 18.0 Å². The molecule has 1 aliphatic rings. The molecular formula is C16H12BrFO2. The van der Waals surface area contributed by atoms with Gasteiger partial charge in [0.1, 0.15) is 11.6 Å². The van der Waals surface area contributed by atoms with Crippen LogP contribution in [-0.4, -0.2) is 12.4 Å². The van der Waals surface area contributed by atoms with Crippen molar-refractivity contribution in [1.82, 2.24) is 0 Å². The molecule has 0 atom stereocenters. The highest BCUT2D eigenvalue weighted by molar-refractivity contribution is 9.10. The van der Waals surface area contributed by atoms with E-state index in [0.29, 0.717) is 17.7 Å². The van der Waals surface area contributed by atoms with Gasteiger partial charge in [0, 0.05) is 22.9 Å². The minimum absolute atomic E-state index is 0.0604. The fourth-order valence-corrected chi connectivity index (χ4v) is 2.72. The first-order valence-electron chi connectivity index (χ1n) is 6.36. The maximum atomic E-state index is 13.7. The molecule has 1 aliphatic heterocycles. The Morgan fingerprint density at radius 1 is 1.25 bits per heavy atom. The highest BCUT2D eigenvalue weighted by Gasteiger charge is 2.16. The SMILES string of the molecule is O=C(Cc1cc(Br)ccc1F)c1ccc2c(c1)CCO2. The summed E-state index contributed by atoms with van der Waals surface area (Å²) in [6.07, 6.45) is 0.882. The first kappa shape index (κ1) is 13.3. The summed E-state index contributed by atoms with van der Waals surface area (Å²) in [5.41, 5.74) is 2.06. The van der Waals surface area contributed by atoms with E-state index in [4.69, 9.17) is 4.74 Å². The van der Waals surface area contributed by atoms with Crippen molar-refractivity contribution in [3.63, 3.8) is 0 Å². The molecule has 0 aromatic heterocycles. The number of Topliss-reactive ketones (excluding diaryl/α,β-unsaturated/α-hetero) is 1. The number of carbonyl (C=O) groups excluding carboxylic acids is 1. The van der Waals surface area contributed by atoms with Crippen LogP contribution in [0, 0.1) is 5.82 Å².